The van der Waals surface area contributed by atoms with Gasteiger partial charge in [0, 0.05) is 12.1 Å². The number of rotatable bonds is 5. The lowest BCUT2D eigenvalue weighted by Gasteiger charge is -2.10. The lowest BCUT2D eigenvalue weighted by molar-refractivity contribution is 0.393. The molecule has 0 aliphatic rings. The fraction of sp³-hybridized carbons (Fsp3) is 0.211. The molecule has 136 valence electrons. The van der Waals surface area contributed by atoms with Crippen LogP contribution in [0, 0.1) is 26.6 Å². The molecule has 3 aromatic rings. The SMILES string of the molecule is Cc1ccc(F)c(S(=O)(=O)NCc2cccc(-c3c(C)noc3C)c2)c1. The van der Waals surface area contributed by atoms with Crippen LogP contribution < -0.4 is 4.72 Å². The predicted molar refractivity (Wildman–Crippen MR) is 96.6 cm³/mol. The second-order valence-electron chi connectivity index (χ2n) is 6.16. The first-order valence-electron chi connectivity index (χ1n) is 8.06. The maximum Gasteiger partial charge on any atom is 0.243 e. The summed E-state index contributed by atoms with van der Waals surface area (Å²) in [5, 5.41) is 3.94. The van der Waals surface area contributed by atoms with Crippen LogP contribution in [0.5, 0.6) is 0 Å². The van der Waals surface area contributed by atoms with E-state index in [2.05, 4.69) is 9.88 Å². The second kappa shape index (κ2) is 7.01. The molecule has 3 rings (SSSR count). The van der Waals surface area contributed by atoms with Crippen molar-refractivity contribution in [2.45, 2.75) is 32.2 Å². The fourth-order valence-corrected chi connectivity index (χ4v) is 3.98. The van der Waals surface area contributed by atoms with Crippen molar-refractivity contribution >= 4 is 10.0 Å². The van der Waals surface area contributed by atoms with E-state index in [1.807, 2.05) is 32.0 Å². The Morgan fingerprint density at radius 1 is 1.12 bits per heavy atom. The molecule has 1 heterocycles. The van der Waals surface area contributed by atoms with Crippen LogP contribution in [0.25, 0.3) is 11.1 Å². The van der Waals surface area contributed by atoms with Gasteiger partial charge >= 0.3 is 0 Å². The quantitative estimate of drug-likeness (QED) is 0.735. The number of sulfonamides is 1. The van der Waals surface area contributed by atoms with E-state index in [1.165, 1.54) is 12.1 Å². The first-order valence-corrected chi connectivity index (χ1v) is 9.54. The monoisotopic (exact) mass is 374 g/mol. The van der Waals surface area contributed by atoms with Crippen molar-refractivity contribution in [3.63, 3.8) is 0 Å². The lowest BCUT2D eigenvalue weighted by atomic mass is 10.0. The summed E-state index contributed by atoms with van der Waals surface area (Å²) >= 11 is 0. The van der Waals surface area contributed by atoms with E-state index < -0.39 is 15.8 Å². The summed E-state index contributed by atoms with van der Waals surface area (Å²) in [5.41, 5.74) is 3.97. The molecule has 26 heavy (non-hydrogen) atoms. The third kappa shape index (κ3) is 3.68. The molecule has 0 amide bonds. The minimum Gasteiger partial charge on any atom is -0.361 e. The molecule has 7 heteroatoms. The summed E-state index contributed by atoms with van der Waals surface area (Å²) in [7, 11) is -3.95. The zero-order valence-electron chi connectivity index (χ0n) is 14.7. The summed E-state index contributed by atoms with van der Waals surface area (Å²) in [5.74, 6) is -0.0744. The summed E-state index contributed by atoms with van der Waals surface area (Å²) in [6.45, 7) is 5.44. The van der Waals surface area contributed by atoms with Gasteiger partial charge in [-0.05, 0) is 55.7 Å². The highest BCUT2D eigenvalue weighted by atomic mass is 32.2. The van der Waals surface area contributed by atoms with Gasteiger partial charge in [0.05, 0.1) is 5.69 Å². The molecule has 1 aromatic heterocycles. The van der Waals surface area contributed by atoms with Crippen LogP contribution in [0.3, 0.4) is 0 Å². The van der Waals surface area contributed by atoms with Gasteiger partial charge < -0.3 is 4.52 Å². The standard InChI is InChI=1S/C19H19FN2O3S/c1-12-7-8-17(20)18(9-12)26(23,24)21-11-15-5-4-6-16(10-15)19-13(2)22-25-14(19)3/h4-10,21H,11H2,1-3H3. The first kappa shape index (κ1) is 18.3. The molecule has 0 saturated heterocycles. The lowest BCUT2D eigenvalue weighted by Crippen LogP contribution is -2.24. The molecule has 0 saturated carbocycles. The maximum absolute atomic E-state index is 13.9. The molecule has 0 bridgehead atoms. The van der Waals surface area contributed by atoms with Crippen molar-refractivity contribution in [2.24, 2.45) is 0 Å². The van der Waals surface area contributed by atoms with E-state index in [-0.39, 0.29) is 11.4 Å². The number of aromatic nitrogens is 1. The molecule has 0 fully saturated rings. The van der Waals surface area contributed by atoms with Gasteiger partial charge in [0.15, 0.2) is 0 Å². The molecular weight excluding hydrogens is 355 g/mol. The minimum atomic E-state index is -3.95. The molecule has 0 aliphatic carbocycles. The number of nitrogens with zero attached hydrogens (tertiary/aromatic N) is 1. The van der Waals surface area contributed by atoms with Gasteiger partial charge in [0.1, 0.15) is 16.5 Å². The van der Waals surface area contributed by atoms with Crippen LogP contribution in [0.4, 0.5) is 4.39 Å². The number of nitrogens with one attached hydrogen (secondary N) is 1. The molecule has 0 unspecified atom stereocenters. The van der Waals surface area contributed by atoms with Crippen LogP contribution in [-0.4, -0.2) is 13.6 Å². The van der Waals surface area contributed by atoms with E-state index in [0.29, 0.717) is 11.3 Å². The van der Waals surface area contributed by atoms with Gasteiger partial charge in [-0.25, -0.2) is 17.5 Å². The van der Waals surface area contributed by atoms with Gasteiger partial charge in [0.2, 0.25) is 10.0 Å². The Balaban J connectivity index is 1.84. The highest BCUT2D eigenvalue weighted by Gasteiger charge is 2.19. The normalized spacial score (nSPS) is 11.7. The molecule has 0 atom stereocenters. The van der Waals surface area contributed by atoms with Crippen molar-refractivity contribution in [1.82, 2.24) is 9.88 Å². The van der Waals surface area contributed by atoms with E-state index in [1.54, 1.807) is 13.0 Å². The molecule has 1 N–H and O–H groups in total. The average Bonchev–Trinajstić information content (AvgIpc) is 2.94. The topological polar surface area (TPSA) is 72.2 Å². The van der Waals surface area contributed by atoms with E-state index >= 15 is 0 Å². The number of hydrogen-bond acceptors (Lipinski definition) is 4. The smallest absolute Gasteiger partial charge is 0.243 e. The van der Waals surface area contributed by atoms with E-state index in [0.717, 1.165) is 28.5 Å². The average molecular weight is 374 g/mol. The Bertz CT molecular complexity index is 1040. The molecule has 0 spiro atoms. The summed E-state index contributed by atoms with van der Waals surface area (Å²) in [4.78, 5) is -0.348. The van der Waals surface area contributed by atoms with Crippen molar-refractivity contribution in [3.8, 4) is 11.1 Å². The Morgan fingerprint density at radius 2 is 1.88 bits per heavy atom. The zero-order chi connectivity index (χ0) is 18.9. The molecule has 0 radical (unpaired) electrons. The van der Waals surface area contributed by atoms with Crippen LogP contribution in [0.2, 0.25) is 0 Å². The van der Waals surface area contributed by atoms with E-state index in [4.69, 9.17) is 4.52 Å². The molecule has 2 aromatic carbocycles. The van der Waals surface area contributed by atoms with Crippen molar-refractivity contribution in [2.75, 3.05) is 0 Å². The molecule has 0 aliphatic heterocycles. The third-order valence-corrected chi connectivity index (χ3v) is 5.51. The van der Waals surface area contributed by atoms with Crippen molar-refractivity contribution in [3.05, 3.63) is 70.9 Å². The fourth-order valence-electron chi connectivity index (χ4n) is 2.80. The van der Waals surface area contributed by atoms with Crippen LogP contribution >= 0.6 is 0 Å². The highest BCUT2D eigenvalue weighted by Crippen LogP contribution is 2.27. The van der Waals surface area contributed by atoms with E-state index in [9.17, 15) is 12.8 Å². The van der Waals surface area contributed by atoms with Crippen LogP contribution in [0.15, 0.2) is 51.9 Å². The first-order chi connectivity index (χ1) is 12.3. The Labute approximate surface area is 151 Å². The highest BCUT2D eigenvalue weighted by molar-refractivity contribution is 7.89. The number of aryl methyl sites for hydroxylation is 3. The second-order valence-corrected chi connectivity index (χ2v) is 7.89. The zero-order valence-corrected chi connectivity index (χ0v) is 15.5. The number of hydrogen-bond donors (Lipinski definition) is 1. The van der Waals surface area contributed by atoms with Crippen LogP contribution in [0.1, 0.15) is 22.6 Å². The van der Waals surface area contributed by atoms with Gasteiger partial charge in [0.25, 0.3) is 0 Å². The Hall–Kier alpha value is -2.51. The Kier molecular flexibility index (Phi) is 4.93. The third-order valence-electron chi connectivity index (χ3n) is 4.09. The number of halogens is 1. The largest absolute Gasteiger partial charge is 0.361 e. The Morgan fingerprint density at radius 3 is 2.58 bits per heavy atom. The predicted octanol–water partition coefficient (Wildman–Crippen LogP) is 3.88. The molecular formula is C19H19FN2O3S. The van der Waals surface area contributed by atoms with Crippen LogP contribution in [-0.2, 0) is 16.6 Å². The minimum absolute atomic E-state index is 0.0485. The van der Waals surface area contributed by atoms with Crippen molar-refractivity contribution < 1.29 is 17.3 Å². The summed E-state index contributed by atoms with van der Waals surface area (Å²) < 4.78 is 46.4. The number of benzene rings is 2. The van der Waals surface area contributed by atoms with Gasteiger partial charge in [-0.2, -0.15) is 0 Å². The molecule has 5 nitrogen and oxygen atoms in total. The van der Waals surface area contributed by atoms with Gasteiger partial charge in [-0.3, -0.25) is 0 Å². The van der Waals surface area contributed by atoms with Gasteiger partial charge in [-0.15, -0.1) is 0 Å². The summed E-state index contributed by atoms with van der Waals surface area (Å²) in [6.07, 6.45) is 0. The van der Waals surface area contributed by atoms with Gasteiger partial charge in [-0.1, -0.05) is 29.4 Å². The maximum atomic E-state index is 13.9. The summed E-state index contributed by atoms with van der Waals surface area (Å²) in [6, 6.07) is 11.4. The van der Waals surface area contributed by atoms with Crippen molar-refractivity contribution in [1.29, 1.82) is 0 Å².